The van der Waals surface area contributed by atoms with Gasteiger partial charge in [0, 0.05) is 41.0 Å². The Morgan fingerprint density at radius 2 is 1.55 bits per heavy atom. The predicted octanol–water partition coefficient (Wildman–Crippen LogP) is 8.91. The fourth-order valence-electron chi connectivity index (χ4n) is 5.54. The van der Waals surface area contributed by atoms with Crippen molar-refractivity contribution in [3.05, 3.63) is 93.9 Å². The first-order valence-corrected chi connectivity index (χ1v) is 14.0. The minimum atomic E-state index is -4.41. The molecule has 3 aromatic carbocycles. The second kappa shape index (κ2) is 10.1. The van der Waals surface area contributed by atoms with Crippen LogP contribution in [0.1, 0.15) is 52.8 Å². The molecule has 0 amide bonds. The number of aryl methyl sites for hydroxylation is 3. The molecule has 1 heterocycles. The van der Waals surface area contributed by atoms with Crippen molar-refractivity contribution in [1.82, 2.24) is 0 Å². The maximum Gasteiger partial charge on any atom is 0.416 e. The molecule has 1 aliphatic rings. The van der Waals surface area contributed by atoms with Crippen LogP contribution in [0.15, 0.2) is 66.7 Å². The number of esters is 1. The van der Waals surface area contributed by atoms with Crippen molar-refractivity contribution < 1.29 is 27.4 Å². The van der Waals surface area contributed by atoms with Gasteiger partial charge >= 0.3 is 12.1 Å². The third kappa shape index (κ3) is 5.04. The third-order valence-electron chi connectivity index (χ3n) is 7.28. The van der Waals surface area contributed by atoms with Crippen molar-refractivity contribution in [2.24, 2.45) is 0 Å². The Morgan fingerprint density at radius 3 is 2.18 bits per heavy atom. The number of alkyl halides is 3. The summed E-state index contributed by atoms with van der Waals surface area (Å²) in [6.45, 7) is 5.84. The average Bonchev–Trinajstić information content (AvgIpc) is 3.47. The molecule has 1 aromatic heterocycles. The molecule has 0 spiro atoms. The quantitative estimate of drug-likeness (QED) is 0.181. The fraction of sp³-hybridized carbons (Fsp3) is 0.323. The lowest BCUT2D eigenvalue weighted by atomic mass is 9.91. The van der Waals surface area contributed by atoms with Crippen LogP contribution >= 0.6 is 10.5 Å². The summed E-state index contributed by atoms with van der Waals surface area (Å²) >= 11 is 0. The fourth-order valence-corrected chi connectivity index (χ4v) is 7.93. The van der Waals surface area contributed by atoms with Gasteiger partial charge in [-0.3, -0.25) is 0 Å². The molecule has 198 valence electrons. The number of carbonyl (C=O) groups is 1. The average molecular weight is 540 g/mol. The minimum absolute atomic E-state index is 0.146. The molecule has 1 fully saturated rings. The van der Waals surface area contributed by atoms with Crippen LogP contribution in [0, 0.1) is 20.8 Å². The lowest BCUT2D eigenvalue weighted by Crippen LogP contribution is -2.32. The lowest BCUT2D eigenvalue weighted by molar-refractivity contribution is -0.163. The number of thiophene rings is 1. The molecule has 1 atom stereocenters. The molecule has 38 heavy (non-hydrogen) atoms. The molecule has 1 saturated carbocycles. The number of fused-ring (bicyclic) bond motifs is 1. The van der Waals surface area contributed by atoms with Gasteiger partial charge in [0.2, 0.25) is 0 Å². The van der Waals surface area contributed by atoms with Crippen LogP contribution in [-0.2, 0) is 21.3 Å². The maximum atomic E-state index is 13.0. The molecule has 0 radical (unpaired) electrons. The van der Waals surface area contributed by atoms with Gasteiger partial charge in [0.15, 0.2) is 21.1 Å². The van der Waals surface area contributed by atoms with E-state index in [1.54, 1.807) is 0 Å². The Hall–Kier alpha value is -3.32. The van der Waals surface area contributed by atoms with Crippen molar-refractivity contribution >= 4 is 26.5 Å². The molecule has 7 heteroatoms. The monoisotopic (exact) mass is 539 g/mol. The zero-order chi connectivity index (χ0) is 27.1. The van der Waals surface area contributed by atoms with Gasteiger partial charge in [-0.2, -0.15) is 13.2 Å². The molecule has 5 rings (SSSR count). The number of hydrogen-bond donors (Lipinski definition) is 0. The van der Waals surface area contributed by atoms with E-state index < -0.39 is 23.3 Å². The highest BCUT2D eigenvalue weighted by molar-refractivity contribution is 7.45. The summed E-state index contributed by atoms with van der Waals surface area (Å²) in [6, 6.07) is 19.9. The molecule has 0 saturated heterocycles. The van der Waals surface area contributed by atoms with E-state index in [9.17, 15) is 18.0 Å². The summed E-state index contributed by atoms with van der Waals surface area (Å²) in [5.41, 5.74) is 0.839. The molecule has 1 unspecified atom stereocenters. The van der Waals surface area contributed by atoms with Crippen molar-refractivity contribution in [2.45, 2.75) is 58.2 Å². The Labute approximate surface area is 223 Å². The summed E-state index contributed by atoms with van der Waals surface area (Å²) in [7, 11) is -0.146. The number of benzene rings is 3. The van der Waals surface area contributed by atoms with E-state index >= 15 is 0 Å². The molecule has 0 bridgehead atoms. The van der Waals surface area contributed by atoms with E-state index in [2.05, 4.69) is 49.4 Å². The summed E-state index contributed by atoms with van der Waals surface area (Å²) in [5.74, 6) is 0.124. The molecular weight excluding hydrogens is 509 g/mol. The van der Waals surface area contributed by atoms with Crippen LogP contribution in [0.2, 0.25) is 0 Å². The maximum absolute atomic E-state index is 13.0. The molecular formula is C31H30F3O3S+. The Balaban J connectivity index is 1.32. The van der Waals surface area contributed by atoms with Crippen LogP contribution in [0.25, 0.3) is 15.0 Å². The number of rotatable bonds is 6. The molecule has 1 aliphatic carbocycles. The lowest BCUT2D eigenvalue weighted by Gasteiger charge is -2.30. The number of carbonyl (C=O) groups excluding carboxylic acids is 1. The predicted molar refractivity (Wildman–Crippen MR) is 145 cm³/mol. The summed E-state index contributed by atoms with van der Waals surface area (Å²) in [5, 5.41) is 1.25. The van der Waals surface area contributed by atoms with Gasteiger partial charge in [-0.1, -0.05) is 24.3 Å². The van der Waals surface area contributed by atoms with Crippen LogP contribution in [0.4, 0.5) is 13.2 Å². The second-order valence-corrected chi connectivity index (χ2v) is 12.2. The van der Waals surface area contributed by atoms with E-state index in [0.29, 0.717) is 24.2 Å². The van der Waals surface area contributed by atoms with Gasteiger partial charge in [-0.25, -0.2) is 4.79 Å². The number of hydrogen-bond acceptors (Lipinski definition) is 3. The van der Waals surface area contributed by atoms with Crippen LogP contribution < -0.4 is 4.74 Å². The second-order valence-electron chi connectivity index (χ2n) is 10.0. The third-order valence-corrected chi connectivity index (χ3v) is 9.56. The van der Waals surface area contributed by atoms with Crippen molar-refractivity contribution in [3.63, 3.8) is 0 Å². The van der Waals surface area contributed by atoms with E-state index in [4.69, 9.17) is 9.47 Å². The van der Waals surface area contributed by atoms with Gasteiger partial charge in [0.25, 0.3) is 0 Å². The topological polar surface area (TPSA) is 35.5 Å². The smallest absolute Gasteiger partial charge is 0.416 e. The normalized spacial score (nSPS) is 15.6. The van der Waals surface area contributed by atoms with E-state index in [1.807, 2.05) is 13.8 Å². The van der Waals surface area contributed by atoms with Crippen LogP contribution in [-0.4, -0.2) is 12.6 Å². The Kier molecular flexibility index (Phi) is 6.99. The Bertz CT molecular complexity index is 1460. The molecule has 0 aliphatic heterocycles. The Morgan fingerprint density at radius 1 is 0.921 bits per heavy atom. The van der Waals surface area contributed by atoms with Crippen LogP contribution in [0.5, 0.6) is 5.75 Å². The zero-order valence-electron chi connectivity index (χ0n) is 21.7. The molecule has 3 nitrogen and oxygen atoms in total. The number of ether oxygens (including phenoxy) is 2. The SMILES string of the molecule is Cc1cc(-[s+]2c(C)cc3ccccc32)cc(C)c1OCC(=O)OC1(c2ccc(C(F)(F)F)cc2)CCCC1. The molecule has 4 aromatic rings. The highest BCUT2D eigenvalue weighted by Gasteiger charge is 2.40. The first-order chi connectivity index (χ1) is 18.1. The van der Waals surface area contributed by atoms with Gasteiger partial charge in [-0.15, -0.1) is 0 Å². The van der Waals surface area contributed by atoms with Gasteiger partial charge in [-0.05, 0) is 80.5 Å². The highest BCUT2D eigenvalue weighted by atomic mass is 32.2. The van der Waals surface area contributed by atoms with Crippen molar-refractivity contribution in [1.29, 1.82) is 0 Å². The highest BCUT2D eigenvalue weighted by Crippen LogP contribution is 2.46. The van der Waals surface area contributed by atoms with Crippen LogP contribution in [0.3, 0.4) is 0 Å². The van der Waals surface area contributed by atoms with E-state index in [0.717, 1.165) is 36.1 Å². The first kappa shape index (κ1) is 26.3. The summed E-state index contributed by atoms with van der Waals surface area (Å²) < 4.78 is 52.3. The first-order valence-electron chi connectivity index (χ1n) is 12.7. The molecule has 0 N–H and O–H groups in total. The van der Waals surface area contributed by atoms with Gasteiger partial charge < -0.3 is 9.47 Å². The zero-order valence-corrected chi connectivity index (χ0v) is 22.5. The standard InChI is InChI=1S/C31H30F3O3S/c1-20-16-26(38-22(3)18-23-8-4-5-9-27(23)38)17-21(2)29(20)36-19-28(35)37-30(14-6-7-15-30)24-10-12-25(13-11-24)31(32,33)34/h4-5,8-13,16-18H,6-7,14-15,19H2,1-3H3/q+1. The number of halogens is 3. The minimum Gasteiger partial charge on any atom is -0.481 e. The largest absolute Gasteiger partial charge is 0.481 e. The van der Waals surface area contributed by atoms with E-state index in [-0.39, 0.29) is 17.1 Å². The summed E-state index contributed by atoms with van der Waals surface area (Å²) in [4.78, 5) is 15.4. The van der Waals surface area contributed by atoms with Gasteiger partial charge in [0.05, 0.1) is 5.56 Å². The van der Waals surface area contributed by atoms with Gasteiger partial charge in [0.1, 0.15) is 11.4 Å². The van der Waals surface area contributed by atoms with Crippen molar-refractivity contribution in [2.75, 3.05) is 6.61 Å². The van der Waals surface area contributed by atoms with E-state index in [1.165, 1.54) is 32.0 Å². The van der Waals surface area contributed by atoms with Crippen molar-refractivity contribution in [3.8, 4) is 10.6 Å². The summed E-state index contributed by atoms with van der Waals surface area (Å²) in [6.07, 6.45) is -1.57.